The van der Waals surface area contributed by atoms with E-state index in [1.165, 1.54) is 0 Å². The van der Waals surface area contributed by atoms with E-state index < -0.39 is 6.04 Å². The van der Waals surface area contributed by atoms with Crippen LogP contribution in [-0.2, 0) is 14.3 Å². The Kier molecular flexibility index (Phi) is 6.24. The lowest BCUT2D eigenvalue weighted by Crippen LogP contribution is -2.57. The third-order valence-corrected chi connectivity index (χ3v) is 3.17. The smallest absolute Gasteiger partial charge is 0.245 e. The SMILES string of the molecule is CC(C)NC(=O)C1COCCN1C(=O)C(C)CCN. The molecule has 1 fully saturated rings. The zero-order chi connectivity index (χ0) is 14.4. The summed E-state index contributed by atoms with van der Waals surface area (Å²) in [6.07, 6.45) is 0.634. The molecule has 1 rings (SSSR count). The fourth-order valence-electron chi connectivity index (χ4n) is 2.12. The molecule has 0 radical (unpaired) electrons. The Morgan fingerprint density at radius 1 is 1.42 bits per heavy atom. The summed E-state index contributed by atoms with van der Waals surface area (Å²) in [6.45, 7) is 7.31. The average molecular weight is 271 g/mol. The van der Waals surface area contributed by atoms with Gasteiger partial charge in [0.1, 0.15) is 6.04 Å². The second-order valence-corrected chi connectivity index (χ2v) is 5.26. The maximum Gasteiger partial charge on any atom is 0.245 e. The van der Waals surface area contributed by atoms with Crippen molar-refractivity contribution in [1.29, 1.82) is 0 Å². The Balaban J connectivity index is 2.71. The Labute approximate surface area is 114 Å². The summed E-state index contributed by atoms with van der Waals surface area (Å²) >= 11 is 0. The first kappa shape index (κ1) is 15.9. The predicted octanol–water partition coefficient (Wildman–Crippen LogP) is -0.277. The zero-order valence-corrected chi connectivity index (χ0v) is 12.0. The third kappa shape index (κ3) is 4.47. The molecule has 110 valence electrons. The van der Waals surface area contributed by atoms with Crippen LogP contribution in [-0.4, -0.2) is 55.1 Å². The Morgan fingerprint density at radius 3 is 2.68 bits per heavy atom. The molecule has 1 aliphatic rings. The third-order valence-electron chi connectivity index (χ3n) is 3.17. The van der Waals surface area contributed by atoms with Crippen LogP contribution in [0.5, 0.6) is 0 Å². The number of hydrogen-bond donors (Lipinski definition) is 2. The molecule has 3 N–H and O–H groups in total. The number of carbonyl (C=O) groups excluding carboxylic acids is 2. The molecule has 2 atom stereocenters. The van der Waals surface area contributed by atoms with Crippen molar-refractivity contribution in [3.8, 4) is 0 Å². The topological polar surface area (TPSA) is 84.7 Å². The lowest BCUT2D eigenvalue weighted by Gasteiger charge is -2.36. The van der Waals surface area contributed by atoms with Crippen molar-refractivity contribution in [3.63, 3.8) is 0 Å². The van der Waals surface area contributed by atoms with Crippen molar-refractivity contribution in [2.24, 2.45) is 11.7 Å². The van der Waals surface area contributed by atoms with Gasteiger partial charge in [0.25, 0.3) is 0 Å². The molecule has 6 heteroatoms. The number of rotatable bonds is 5. The molecule has 0 aromatic carbocycles. The maximum atomic E-state index is 12.3. The standard InChI is InChI=1S/C13H25N3O3/c1-9(2)15-12(17)11-8-19-7-6-16(11)13(18)10(3)4-5-14/h9-11H,4-8,14H2,1-3H3,(H,15,17). The first-order valence-corrected chi connectivity index (χ1v) is 6.86. The highest BCUT2D eigenvalue weighted by molar-refractivity contribution is 5.88. The summed E-state index contributed by atoms with van der Waals surface area (Å²) in [6, 6.07) is -0.475. The Morgan fingerprint density at radius 2 is 2.11 bits per heavy atom. The Bertz CT molecular complexity index is 320. The van der Waals surface area contributed by atoms with E-state index in [1.807, 2.05) is 20.8 Å². The van der Waals surface area contributed by atoms with Crippen molar-refractivity contribution in [2.75, 3.05) is 26.3 Å². The first-order valence-electron chi connectivity index (χ1n) is 6.86. The van der Waals surface area contributed by atoms with Crippen molar-refractivity contribution >= 4 is 11.8 Å². The number of ether oxygens (including phenoxy) is 1. The van der Waals surface area contributed by atoms with Gasteiger partial charge in [-0.15, -0.1) is 0 Å². The van der Waals surface area contributed by atoms with E-state index in [1.54, 1.807) is 4.90 Å². The van der Waals surface area contributed by atoms with E-state index in [-0.39, 0.29) is 30.4 Å². The first-order chi connectivity index (χ1) is 8.97. The Hall–Kier alpha value is -1.14. The van der Waals surface area contributed by atoms with Gasteiger partial charge in [-0.25, -0.2) is 0 Å². The molecule has 2 amide bonds. The fraction of sp³-hybridized carbons (Fsp3) is 0.846. The highest BCUT2D eigenvalue weighted by atomic mass is 16.5. The molecule has 0 aromatic rings. The molecular formula is C13H25N3O3. The van der Waals surface area contributed by atoms with Crippen LogP contribution in [0.4, 0.5) is 0 Å². The number of hydrogen-bond acceptors (Lipinski definition) is 4. The largest absolute Gasteiger partial charge is 0.377 e. The van der Waals surface area contributed by atoms with Gasteiger partial charge in [-0.05, 0) is 26.8 Å². The summed E-state index contributed by atoms with van der Waals surface area (Å²) in [7, 11) is 0. The second-order valence-electron chi connectivity index (χ2n) is 5.26. The van der Waals surface area contributed by atoms with Crippen LogP contribution in [0.2, 0.25) is 0 Å². The van der Waals surface area contributed by atoms with Crippen LogP contribution in [0.25, 0.3) is 0 Å². The van der Waals surface area contributed by atoms with Gasteiger partial charge in [0.15, 0.2) is 0 Å². The van der Waals surface area contributed by atoms with Gasteiger partial charge in [-0.1, -0.05) is 6.92 Å². The maximum absolute atomic E-state index is 12.3. The van der Waals surface area contributed by atoms with Crippen LogP contribution in [0.15, 0.2) is 0 Å². The van der Waals surface area contributed by atoms with Crippen molar-refractivity contribution in [3.05, 3.63) is 0 Å². The number of morpholine rings is 1. The number of carbonyl (C=O) groups is 2. The highest BCUT2D eigenvalue weighted by Crippen LogP contribution is 2.14. The van der Waals surface area contributed by atoms with Crippen LogP contribution in [0.1, 0.15) is 27.2 Å². The summed E-state index contributed by atoms with van der Waals surface area (Å²) < 4.78 is 5.33. The molecule has 0 aliphatic carbocycles. The molecule has 1 heterocycles. The molecular weight excluding hydrogens is 246 g/mol. The molecule has 19 heavy (non-hydrogen) atoms. The summed E-state index contributed by atoms with van der Waals surface area (Å²) in [5.74, 6) is -0.321. The lowest BCUT2D eigenvalue weighted by molar-refractivity contribution is -0.151. The van der Waals surface area contributed by atoms with Gasteiger partial charge in [0, 0.05) is 18.5 Å². The van der Waals surface area contributed by atoms with E-state index in [0.717, 1.165) is 0 Å². The van der Waals surface area contributed by atoms with Gasteiger partial charge in [0.2, 0.25) is 11.8 Å². The summed E-state index contributed by atoms with van der Waals surface area (Å²) in [4.78, 5) is 26.0. The second kappa shape index (κ2) is 7.45. The molecule has 1 aliphatic heterocycles. The number of nitrogens with zero attached hydrogens (tertiary/aromatic N) is 1. The lowest BCUT2D eigenvalue weighted by atomic mass is 10.0. The minimum Gasteiger partial charge on any atom is -0.377 e. The highest BCUT2D eigenvalue weighted by Gasteiger charge is 2.34. The van der Waals surface area contributed by atoms with Gasteiger partial charge >= 0.3 is 0 Å². The van der Waals surface area contributed by atoms with E-state index in [0.29, 0.717) is 26.1 Å². The van der Waals surface area contributed by atoms with E-state index in [4.69, 9.17) is 10.5 Å². The van der Waals surface area contributed by atoms with Crippen LogP contribution >= 0.6 is 0 Å². The van der Waals surface area contributed by atoms with Crippen molar-refractivity contribution in [2.45, 2.75) is 39.3 Å². The van der Waals surface area contributed by atoms with Crippen LogP contribution in [0.3, 0.4) is 0 Å². The molecule has 6 nitrogen and oxygen atoms in total. The monoisotopic (exact) mass is 271 g/mol. The molecule has 1 saturated heterocycles. The van der Waals surface area contributed by atoms with Crippen LogP contribution < -0.4 is 11.1 Å². The molecule has 0 spiro atoms. The number of amides is 2. The minimum absolute atomic E-state index is 0.0161. The van der Waals surface area contributed by atoms with Gasteiger partial charge < -0.3 is 20.7 Å². The predicted molar refractivity (Wildman–Crippen MR) is 72.4 cm³/mol. The normalized spacial score (nSPS) is 21.3. The fourth-order valence-corrected chi connectivity index (χ4v) is 2.12. The van der Waals surface area contributed by atoms with E-state index in [2.05, 4.69) is 5.32 Å². The van der Waals surface area contributed by atoms with Crippen molar-refractivity contribution < 1.29 is 14.3 Å². The molecule has 0 bridgehead atoms. The zero-order valence-electron chi connectivity index (χ0n) is 12.0. The quantitative estimate of drug-likeness (QED) is 0.720. The molecule has 0 aromatic heterocycles. The molecule has 2 unspecified atom stereocenters. The summed E-state index contributed by atoms with van der Waals surface area (Å²) in [5, 5.41) is 2.83. The minimum atomic E-state index is -0.524. The van der Waals surface area contributed by atoms with Gasteiger partial charge in [-0.2, -0.15) is 0 Å². The summed E-state index contributed by atoms with van der Waals surface area (Å²) in [5.41, 5.74) is 5.48. The van der Waals surface area contributed by atoms with Crippen LogP contribution in [0, 0.1) is 5.92 Å². The number of nitrogens with two attached hydrogens (primary N) is 1. The number of nitrogens with one attached hydrogen (secondary N) is 1. The van der Waals surface area contributed by atoms with Gasteiger partial charge in [-0.3, -0.25) is 9.59 Å². The van der Waals surface area contributed by atoms with Crippen molar-refractivity contribution in [1.82, 2.24) is 10.2 Å². The average Bonchev–Trinajstić information content (AvgIpc) is 2.37. The van der Waals surface area contributed by atoms with E-state index in [9.17, 15) is 9.59 Å². The van der Waals surface area contributed by atoms with E-state index >= 15 is 0 Å². The molecule has 0 saturated carbocycles. The van der Waals surface area contributed by atoms with Gasteiger partial charge in [0.05, 0.1) is 13.2 Å².